The van der Waals surface area contributed by atoms with Gasteiger partial charge in [-0.2, -0.15) is 0 Å². The number of hydrogen-bond acceptors (Lipinski definition) is 6. The molecule has 0 spiro atoms. The van der Waals surface area contributed by atoms with Crippen molar-refractivity contribution in [1.82, 2.24) is 4.90 Å². The Balaban J connectivity index is 1.41. The van der Waals surface area contributed by atoms with Crippen molar-refractivity contribution in [2.75, 3.05) is 17.7 Å². The Morgan fingerprint density at radius 2 is 1.81 bits per heavy atom. The topological polar surface area (TPSA) is 88.8 Å². The molecule has 1 aliphatic rings. The van der Waals surface area contributed by atoms with E-state index < -0.39 is 5.97 Å². The van der Waals surface area contributed by atoms with E-state index in [2.05, 4.69) is 5.32 Å². The minimum Gasteiger partial charge on any atom is -0.467 e. The number of hydrogen-bond donors (Lipinski definition) is 1. The van der Waals surface area contributed by atoms with Crippen LogP contribution in [-0.2, 0) is 16.1 Å². The van der Waals surface area contributed by atoms with Gasteiger partial charge in [-0.1, -0.05) is 12.1 Å². The molecule has 0 unspecified atom stereocenters. The van der Waals surface area contributed by atoms with Crippen LogP contribution in [0.1, 0.15) is 44.3 Å². The van der Waals surface area contributed by atoms with Gasteiger partial charge < -0.3 is 19.4 Å². The van der Waals surface area contributed by atoms with Gasteiger partial charge in [0.1, 0.15) is 11.1 Å². The number of thioether (sulfide) groups is 1. The van der Waals surface area contributed by atoms with Gasteiger partial charge in [0.15, 0.2) is 0 Å². The number of ether oxygens (including phenoxy) is 1. The molecular weight excluding hydrogens is 428 g/mol. The van der Waals surface area contributed by atoms with E-state index >= 15 is 0 Å². The van der Waals surface area contributed by atoms with E-state index in [1.165, 1.54) is 0 Å². The van der Waals surface area contributed by atoms with Crippen LogP contribution in [0, 0.1) is 0 Å². The second-order valence-electron chi connectivity index (χ2n) is 7.14. The molecule has 1 N–H and O–H groups in total. The Hall–Kier alpha value is -3.52. The number of nitrogens with zero attached hydrogens (tertiary/aromatic N) is 1. The Morgan fingerprint density at radius 1 is 1.09 bits per heavy atom. The molecule has 3 aromatic rings. The number of esters is 1. The number of carbonyl (C=O) groups excluding carboxylic acids is 3. The summed E-state index contributed by atoms with van der Waals surface area (Å²) in [5.74, 6) is 0.545. The summed E-state index contributed by atoms with van der Waals surface area (Å²) in [7, 11) is 0. The normalized spacial score (nSPS) is 15.6. The molecular formula is C24H22N2O5S. The first-order valence-corrected chi connectivity index (χ1v) is 11.2. The highest BCUT2D eigenvalue weighted by atomic mass is 32.2. The molecule has 2 amide bonds. The smallest absolute Gasteiger partial charge is 0.338 e. The van der Waals surface area contributed by atoms with Gasteiger partial charge in [-0.25, -0.2) is 4.79 Å². The highest BCUT2D eigenvalue weighted by Crippen LogP contribution is 2.39. The van der Waals surface area contributed by atoms with Gasteiger partial charge in [-0.3, -0.25) is 9.59 Å². The SMILES string of the molecule is CCOC(=O)c1ccc(NC(=O)c2ccc([C@@H]3SCC(=O)N3Cc3ccco3)cc2)cc1. The van der Waals surface area contributed by atoms with E-state index in [-0.39, 0.29) is 17.2 Å². The molecule has 0 aliphatic carbocycles. The van der Waals surface area contributed by atoms with Crippen molar-refractivity contribution >= 4 is 35.2 Å². The summed E-state index contributed by atoms with van der Waals surface area (Å²) in [4.78, 5) is 38.5. The first-order valence-electron chi connectivity index (χ1n) is 10.2. The van der Waals surface area contributed by atoms with Crippen LogP contribution in [0.5, 0.6) is 0 Å². The van der Waals surface area contributed by atoms with Crippen molar-refractivity contribution in [3.8, 4) is 0 Å². The van der Waals surface area contributed by atoms with Crippen LogP contribution in [0.4, 0.5) is 5.69 Å². The summed E-state index contributed by atoms with van der Waals surface area (Å²) in [6.07, 6.45) is 1.59. The third kappa shape index (κ3) is 4.86. The molecule has 1 aliphatic heterocycles. The monoisotopic (exact) mass is 450 g/mol. The number of nitrogens with one attached hydrogen (secondary N) is 1. The van der Waals surface area contributed by atoms with Gasteiger partial charge in [0.05, 0.1) is 30.7 Å². The minimum atomic E-state index is -0.398. The molecule has 2 aromatic carbocycles. The predicted molar refractivity (Wildman–Crippen MR) is 121 cm³/mol. The fraction of sp³-hybridized carbons (Fsp3) is 0.208. The van der Waals surface area contributed by atoms with Gasteiger partial charge in [0.2, 0.25) is 5.91 Å². The van der Waals surface area contributed by atoms with Gasteiger partial charge in [0, 0.05) is 11.3 Å². The number of anilines is 1. The second kappa shape index (κ2) is 9.74. The molecule has 1 fully saturated rings. The molecule has 1 aromatic heterocycles. The van der Waals surface area contributed by atoms with E-state index in [4.69, 9.17) is 9.15 Å². The third-order valence-corrected chi connectivity index (χ3v) is 6.24. The van der Waals surface area contributed by atoms with Crippen molar-refractivity contribution in [2.24, 2.45) is 0 Å². The zero-order valence-electron chi connectivity index (χ0n) is 17.4. The predicted octanol–water partition coefficient (Wildman–Crippen LogP) is 4.48. The Kier molecular flexibility index (Phi) is 6.61. The molecule has 1 atom stereocenters. The number of rotatable bonds is 7. The van der Waals surface area contributed by atoms with Crippen molar-refractivity contribution in [1.29, 1.82) is 0 Å². The van der Waals surface area contributed by atoms with E-state index in [0.29, 0.717) is 35.7 Å². The summed E-state index contributed by atoms with van der Waals surface area (Å²) in [5, 5.41) is 2.69. The maximum absolute atomic E-state index is 12.6. The molecule has 32 heavy (non-hydrogen) atoms. The standard InChI is InChI=1S/C24H22N2O5S/c1-2-30-24(29)18-9-11-19(12-10-18)25-22(28)16-5-7-17(8-6-16)23-26(21(27)15-32-23)14-20-4-3-13-31-20/h3-13,23H,2,14-15H2,1H3,(H,25,28)/t23-/m0/s1. The first-order chi connectivity index (χ1) is 15.5. The van der Waals surface area contributed by atoms with E-state index in [1.807, 2.05) is 18.2 Å². The number of amides is 2. The van der Waals surface area contributed by atoms with Crippen LogP contribution in [0.3, 0.4) is 0 Å². The van der Waals surface area contributed by atoms with Crippen molar-refractivity contribution in [2.45, 2.75) is 18.8 Å². The third-order valence-electron chi connectivity index (χ3n) is 4.99. The molecule has 2 heterocycles. The lowest BCUT2D eigenvalue weighted by Crippen LogP contribution is -2.27. The lowest BCUT2D eigenvalue weighted by molar-refractivity contribution is -0.128. The fourth-order valence-corrected chi connectivity index (χ4v) is 4.57. The number of benzene rings is 2. The summed E-state index contributed by atoms with van der Waals surface area (Å²) in [6.45, 7) is 2.46. The van der Waals surface area contributed by atoms with Crippen molar-refractivity contribution in [3.05, 3.63) is 89.4 Å². The molecule has 0 saturated carbocycles. The second-order valence-corrected chi connectivity index (χ2v) is 8.21. The van der Waals surface area contributed by atoms with Crippen LogP contribution in [0.25, 0.3) is 0 Å². The molecule has 164 valence electrons. The minimum absolute atomic E-state index is 0.0597. The number of carbonyl (C=O) groups is 3. The molecule has 1 saturated heterocycles. The van der Waals surface area contributed by atoms with E-state index in [9.17, 15) is 14.4 Å². The summed E-state index contributed by atoms with van der Waals surface area (Å²) in [6, 6.07) is 17.4. The molecule has 8 heteroatoms. The Labute approximate surface area is 189 Å². The van der Waals surface area contributed by atoms with Crippen LogP contribution < -0.4 is 5.32 Å². The van der Waals surface area contributed by atoms with Gasteiger partial charge in [0.25, 0.3) is 5.91 Å². The summed E-state index contributed by atoms with van der Waals surface area (Å²) in [5.41, 5.74) is 2.45. The highest BCUT2D eigenvalue weighted by molar-refractivity contribution is 8.00. The Bertz CT molecular complexity index is 1090. The van der Waals surface area contributed by atoms with Gasteiger partial charge >= 0.3 is 5.97 Å². The van der Waals surface area contributed by atoms with E-state index in [1.54, 1.807) is 72.3 Å². The maximum Gasteiger partial charge on any atom is 0.338 e. The zero-order chi connectivity index (χ0) is 22.5. The van der Waals surface area contributed by atoms with Crippen LogP contribution in [0.15, 0.2) is 71.3 Å². The largest absolute Gasteiger partial charge is 0.467 e. The molecule has 0 radical (unpaired) electrons. The average molecular weight is 451 g/mol. The lowest BCUT2D eigenvalue weighted by Gasteiger charge is -2.23. The highest BCUT2D eigenvalue weighted by Gasteiger charge is 2.33. The summed E-state index contributed by atoms with van der Waals surface area (Å²) < 4.78 is 10.3. The van der Waals surface area contributed by atoms with Crippen molar-refractivity contribution < 1.29 is 23.5 Å². The van der Waals surface area contributed by atoms with E-state index in [0.717, 1.165) is 11.3 Å². The molecule has 0 bridgehead atoms. The lowest BCUT2D eigenvalue weighted by atomic mass is 10.1. The van der Waals surface area contributed by atoms with Gasteiger partial charge in [-0.15, -0.1) is 11.8 Å². The van der Waals surface area contributed by atoms with Crippen LogP contribution in [-0.4, -0.2) is 35.0 Å². The van der Waals surface area contributed by atoms with Crippen LogP contribution >= 0.6 is 11.8 Å². The average Bonchev–Trinajstić information content (AvgIpc) is 3.45. The van der Waals surface area contributed by atoms with Crippen molar-refractivity contribution in [3.63, 3.8) is 0 Å². The van der Waals surface area contributed by atoms with Crippen LogP contribution in [0.2, 0.25) is 0 Å². The number of furan rings is 1. The fourth-order valence-electron chi connectivity index (χ4n) is 3.38. The zero-order valence-corrected chi connectivity index (χ0v) is 18.3. The molecule has 4 rings (SSSR count). The quantitative estimate of drug-likeness (QED) is 0.534. The van der Waals surface area contributed by atoms with Gasteiger partial charge in [-0.05, 0) is 61.0 Å². The first kappa shape index (κ1) is 21.7. The molecule has 7 nitrogen and oxygen atoms in total. The Morgan fingerprint density at radius 3 is 2.47 bits per heavy atom. The maximum atomic E-state index is 12.6. The summed E-state index contributed by atoms with van der Waals surface area (Å²) >= 11 is 1.55.